The van der Waals surface area contributed by atoms with Crippen molar-refractivity contribution in [2.75, 3.05) is 20.1 Å². The van der Waals surface area contributed by atoms with E-state index in [0.29, 0.717) is 0 Å². The van der Waals surface area contributed by atoms with Crippen molar-refractivity contribution >= 4 is 17.8 Å². The highest BCUT2D eigenvalue weighted by atomic mass is 16.4. The summed E-state index contributed by atoms with van der Waals surface area (Å²) in [5.41, 5.74) is -0.273. The summed E-state index contributed by atoms with van der Waals surface area (Å²) in [6, 6.07) is -1.05. The minimum atomic E-state index is -1.00. The fourth-order valence-corrected chi connectivity index (χ4v) is 3.42. The molecule has 160 valence electrons. The number of nitrogens with zero attached hydrogens (tertiary/aromatic N) is 1. The molecule has 7 heteroatoms. The quantitative estimate of drug-likeness (QED) is 0.573. The predicted octanol–water partition coefficient (Wildman–Crippen LogP) is 2.03. The molecule has 1 heterocycles. The van der Waals surface area contributed by atoms with Gasteiger partial charge in [-0.15, -0.1) is 0 Å². The Morgan fingerprint density at radius 2 is 1.71 bits per heavy atom. The third-order valence-corrected chi connectivity index (χ3v) is 5.35. The molecule has 0 aromatic heterocycles. The number of amides is 2. The van der Waals surface area contributed by atoms with E-state index in [2.05, 4.69) is 10.6 Å². The Kier molecular flexibility index (Phi) is 8.67. The molecule has 0 aromatic carbocycles. The molecule has 7 nitrogen and oxygen atoms in total. The molecule has 1 aliphatic rings. The number of carbonyl (C=O) groups excluding carboxylic acids is 2. The molecule has 2 atom stereocenters. The molecule has 0 saturated carbocycles. The van der Waals surface area contributed by atoms with Gasteiger partial charge in [0.15, 0.2) is 0 Å². The first-order valence-corrected chi connectivity index (χ1v) is 10.1. The number of hydrogen-bond acceptors (Lipinski definition) is 4. The van der Waals surface area contributed by atoms with Gasteiger partial charge in [-0.3, -0.25) is 9.59 Å². The minimum absolute atomic E-state index is 0.0315. The smallest absolute Gasteiger partial charge is 0.331 e. The van der Waals surface area contributed by atoms with Gasteiger partial charge in [-0.05, 0) is 44.2 Å². The van der Waals surface area contributed by atoms with Crippen LogP contribution < -0.4 is 10.6 Å². The van der Waals surface area contributed by atoms with Crippen molar-refractivity contribution in [1.29, 1.82) is 0 Å². The summed E-state index contributed by atoms with van der Waals surface area (Å²) >= 11 is 0. The molecular weight excluding hydrogens is 358 g/mol. The van der Waals surface area contributed by atoms with Gasteiger partial charge in [-0.25, -0.2) is 4.79 Å². The molecule has 0 radical (unpaired) electrons. The van der Waals surface area contributed by atoms with Crippen molar-refractivity contribution in [3.63, 3.8) is 0 Å². The SMILES string of the molecule is C/C(=C\[C@H](C(C)C)N(C)C(=O)[C@@H](NC(=O)C1CCNCC1)C(C)(C)C)C(=O)O. The lowest BCUT2D eigenvalue weighted by molar-refractivity contribution is -0.141. The van der Waals surface area contributed by atoms with Crippen LogP contribution in [0.1, 0.15) is 54.4 Å². The van der Waals surface area contributed by atoms with Crippen molar-refractivity contribution in [3.05, 3.63) is 11.6 Å². The number of nitrogens with one attached hydrogen (secondary N) is 2. The number of aliphatic carboxylic acids is 1. The standard InChI is InChI=1S/C21H37N3O4/c1-13(2)16(12-14(3)20(27)28)24(7)19(26)17(21(4,5)6)23-18(25)15-8-10-22-11-9-15/h12-13,15-17,22H,8-11H2,1-7H3,(H,23,25)(H,27,28)/b14-12+/t16-,17-/m1/s1. The van der Waals surface area contributed by atoms with E-state index in [-0.39, 0.29) is 35.3 Å². The second-order valence-corrected chi connectivity index (χ2v) is 9.17. The van der Waals surface area contributed by atoms with Gasteiger partial charge in [0.1, 0.15) is 6.04 Å². The average molecular weight is 396 g/mol. The summed E-state index contributed by atoms with van der Waals surface area (Å²) in [5, 5.41) is 15.4. The summed E-state index contributed by atoms with van der Waals surface area (Å²) < 4.78 is 0. The fraction of sp³-hybridized carbons (Fsp3) is 0.762. The summed E-state index contributed by atoms with van der Waals surface area (Å²) in [4.78, 5) is 38.9. The second-order valence-electron chi connectivity index (χ2n) is 9.17. The number of carbonyl (C=O) groups is 3. The Bertz CT molecular complexity index is 601. The molecule has 3 N–H and O–H groups in total. The van der Waals surface area contributed by atoms with Crippen LogP contribution in [0, 0.1) is 17.3 Å². The molecule has 0 aromatic rings. The summed E-state index contributed by atoms with van der Waals surface area (Å²) in [6.07, 6.45) is 3.14. The number of likely N-dealkylation sites (N-methyl/N-ethyl adjacent to an activating group) is 1. The number of hydrogen-bond donors (Lipinski definition) is 3. The van der Waals surface area contributed by atoms with Gasteiger partial charge in [-0.2, -0.15) is 0 Å². The topological polar surface area (TPSA) is 98.7 Å². The van der Waals surface area contributed by atoms with E-state index < -0.39 is 17.4 Å². The Labute approximate surface area is 168 Å². The predicted molar refractivity (Wildman–Crippen MR) is 110 cm³/mol. The number of carboxylic acids is 1. The number of carboxylic acid groups (broad SMARTS) is 1. The Balaban J connectivity index is 3.05. The van der Waals surface area contributed by atoms with Crippen molar-refractivity contribution < 1.29 is 19.5 Å². The van der Waals surface area contributed by atoms with Gasteiger partial charge in [0.05, 0.1) is 6.04 Å². The molecular formula is C21H37N3O4. The molecule has 2 amide bonds. The first-order valence-electron chi connectivity index (χ1n) is 10.1. The largest absolute Gasteiger partial charge is 0.478 e. The van der Waals surface area contributed by atoms with Gasteiger partial charge in [0.2, 0.25) is 11.8 Å². The molecule has 0 unspecified atom stereocenters. The van der Waals surface area contributed by atoms with Crippen LogP contribution in [0.25, 0.3) is 0 Å². The molecule has 28 heavy (non-hydrogen) atoms. The van der Waals surface area contributed by atoms with Crippen LogP contribution in [0.4, 0.5) is 0 Å². The average Bonchev–Trinajstić information content (AvgIpc) is 2.61. The van der Waals surface area contributed by atoms with E-state index in [1.165, 1.54) is 6.92 Å². The monoisotopic (exact) mass is 395 g/mol. The Hall–Kier alpha value is -1.89. The minimum Gasteiger partial charge on any atom is -0.478 e. The number of rotatable bonds is 7. The van der Waals surface area contributed by atoms with Gasteiger partial charge >= 0.3 is 5.97 Å². The highest BCUT2D eigenvalue weighted by Gasteiger charge is 2.38. The summed E-state index contributed by atoms with van der Waals surface area (Å²) in [7, 11) is 1.67. The first-order chi connectivity index (χ1) is 12.9. The zero-order valence-corrected chi connectivity index (χ0v) is 18.3. The zero-order chi connectivity index (χ0) is 21.6. The normalized spacial score (nSPS) is 18.5. The van der Waals surface area contributed by atoms with Crippen molar-refractivity contribution in [2.45, 2.75) is 66.5 Å². The first kappa shape index (κ1) is 24.1. The molecule has 1 rings (SSSR count). The maximum absolute atomic E-state index is 13.3. The second kappa shape index (κ2) is 10.0. The maximum atomic E-state index is 13.3. The molecule has 0 bridgehead atoms. The fourth-order valence-electron chi connectivity index (χ4n) is 3.42. The van der Waals surface area contributed by atoms with Crippen LogP contribution in [0.2, 0.25) is 0 Å². The van der Waals surface area contributed by atoms with Gasteiger partial charge < -0.3 is 20.6 Å². The van der Waals surface area contributed by atoms with Crippen LogP contribution in [-0.4, -0.2) is 60.0 Å². The van der Waals surface area contributed by atoms with Crippen LogP contribution in [0.5, 0.6) is 0 Å². The third-order valence-electron chi connectivity index (χ3n) is 5.35. The maximum Gasteiger partial charge on any atom is 0.331 e. The highest BCUT2D eigenvalue weighted by molar-refractivity contribution is 5.90. The van der Waals surface area contributed by atoms with Crippen molar-refractivity contribution in [3.8, 4) is 0 Å². The van der Waals surface area contributed by atoms with Gasteiger partial charge in [0, 0.05) is 18.5 Å². The van der Waals surface area contributed by atoms with E-state index >= 15 is 0 Å². The van der Waals surface area contributed by atoms with E-state index in [0.717, 1.165) is 25.9 Å². The van der Waals surface area contributed by atoms with Crippen LogP contribution in [-0.2, 0) is 14.4 Å². The van der Waals surface area contributed by atoms with Crippen LogP contribution in [0.3, 0.4) is 0 Å². The van der Waals surface area contributed by atoms with Crippen LogP contribution in [0.15, 0.2) is 11.6 Å². The molecule has 1 saturated heterocycles. The van der Waals surface area contributed by atoms with Crippen molar-refractivity contribution in [1.82, 2.24) is 15.5 Å². The molecule has 1 fully saturated rings. The van der Waals surface area contributed by atoms with E-state index in [1.54, 1.807) is 18.0 Å². The Morgan fingerprint density at radius 1 is 1.18 bits per heavy atom. The highest BCUT2D eigenvalue weighted by Crippen LogP contribution is 2.24. The van der Waals surface area contributed by atoms with E-state index in [1.807, 2.05) is 34.6 Å². The molecule has 0 aliphatic carbocycles. The van der Waals surface area contributed by atoms with Gasteiger partial charge in [0.25, 0.3) is 0 Å². The van der Waals surface area contributed by atoms with E-state index in [9.17, 15) is 19.5 Å². The summed E-state index contributed by atoms with van der Waals surface area (Å²) in [5.74, 6) is -1.34. The number of piperidine rings is 1. The molecule has 1 aliphatic heterocycles. The van der Waals surface area contributed by atoms with E-state index in [4.69, 9.17) is 0 Å². The van der Waals surface area contributed by atoms with Gasteiger partial charge in [-0.1, -0.05) is 40.7 Å². The lowest BCUT2D eigenvalue weighted by atomic mass is 9.84. The lowest BCUT2D eigenvalue weighted by Gasteiger charge is -2.38. The van der Waals surface area contributed by atoms with Crippen molar-refractivity contribution in [2.24, 2.45) is 17.3 Å². The summed E-state index contributed by atoms with van der Waals surface area (Å²) in [6.45, 7) is 12.8. The Morgan fingerprint density at radius 3 is 2.14 bits per heavy atom. The van der Waals surface area contributed by atoms with Crippen LogP contribution >= 0.6 is 0 Å². The molecule has 0 spiro atoms. The third kappa shape index (κ3) is 6.62. The lowest BCUT2D eigenvalue weighted by Crippen LogP contribution is -2.57. The zero-order valence-electron chi connectivity index (χ0n) is 18.3.